The van der Waals surface area contributed by atoms with Crippen LogP contribution in [0.2, 0.25) is 0 Å². The highest BCUT2D eigenvalue weighted by atomic mass is 32.2. The van der Waals surface area contributed by atoms with Crippen LogP contribution in [0.1, 0.15) is 46.3 Å². The van der Waals surface area contributed by atoms with Crippen LogP contribution < -0.4 is 4.74 Å². The standard InChI is InChI=1S/C28H26O9S/c1-2-14-7-9-15(10-8-14)26(29)36-24-18-13-19-23(28(31)37-25(19)24)22(18)27(30)35-20-11-12-21(38(32,33)34)17-6-4-3-5-16(17)20/h2,7-12,18-19,22-25H,1,3-6,13H2,(H,32,33,34)/p-1. The van der Waals surface area contributed by atoms with Crippen molar-refractivity contribution in [1.82, 2.24) is 0 Å². The lowest BCUT2D eigenvalue weighted by molar-refractivity contribution is -0.149. The monoisotopic (exact) mass is 537 g/mol. The van der Waals surface area contributed by atoms with Crippen molar-refractivity contribution >= 4 is 34.1 Å². The molecule has 0 N–H and O–H groups in total. The summed E-state index contributed by atoms with van der Waals surface area (Å²) in [5.74, 6) is -3.80. The molecule has 6 atom stereocenters. The second-order valence-corrected chi connectivity index (χ2v) is 11.7. The molecule has 198 valence electrons. The summed E-state index contributed by atoms with van der Waals surface area (Å²) in [7, 11) is -4.68. The molecule has 9 nitrogen and oxygen atoms in total. The Morgan fingerprint density at radius 2 is 1.74 bits per heavy atom. The maximum atomic E-state index is 13.5. The van der Waals surface area contributed by atoms with Crippen LogP contribution in [0.4, 0.5) is 0 Å². The van der Waals surface area contributed by atoms with Gasteiger partial charge in [-0.05, 0) is 73.1 Å². The molecule has 2 bridgehead atoms. The van der Waals surface area contributed by atoms with E-state index >= 15 is 0 Å². The van der Waals surface area contributed by atoms with E-state index in [1.54, 1.807) is 30.3 Å². The Bertz CT molecular complexity index is 1460. The first-order valence-corrected chi connectivity index (χ1v) is 14.0. The highest BCUT2D eigenvalue weighted by Gasteiger charge is 2.70. The summed E-state index contributed by atoms with van der Waals surface area (Å²) in [6.45, 7) is 3.69. The van der Waals surface area contributed by atoms with Gasteiger partial charge in [0.25, 0.3) is 0 Å². The first kappa shape index (κ1) is 24.8. The molecule has 1 saturated heterocycles. The number of fused-ring (bicyclic) bond motifs is 2. The first-order valence-electron chi connectivity index (χ1n) is 12.6. The van der Waals surface area contributed by atoms with E-state index in [1.807, 2.05) is 0 Å². The van der Waals surface area contributed by atoms with Crippen molar-refractivity contribution in [2.75, 3.05) is 0 Å². The third kappa shape index (κ3) is 3.94. The number of ether oxygens (including phenoxy) is 3. The Labute approximate surface area is 219 Å². The summed E-state index contributed by atoms with van der Waals surface area (Å²) in [6.07, 6.45) is 3.10. The second kappa shape index (κ2) is 9.06. The van der Waals surface area contributed by atoms with Crippen LogP contribution >= 0.6 is 0 Å². The zero-order valence-corrected chi connectivity index (χ0v) is 21.1. The van der Waals surface area contributed by atoms with Gasteiger partial charge in [0.1, 0.15) is 28.1 Å². The molecule has 6 unspecified atom stereocenters. The minimum Gasteiger partial charge on any atom is -0.744 e. The van der Waals surface area contributed by atoms with E-state index in [0.717, 1.165) is 18.4 Å². The minimum atomic E-state index is -4.68. The fourth-order valence-electron chi connectivity index (χ4n) is 6.72. The highest BCUT2D eigenvalue weighted by molar-refractivity contribution is 7.85. The van der Waals surface area contributed by atoms with E-state index in [9.17, 15) is 27.4 Å². The number of rotatable bonds is 6. The van der Waals surface area contributed by atoms with Gasteiger partial charge in [0.2, 0.25) is 0 Å². The molecule has 2 aromatic carbocycles. The first-order chi connectivity index (χ1) is 18.2. The van der Waals surface area contributed by atoms with Crippen LogP contribution in [0.5, 0.6) is 5.75 Å². The number of hydrogen-bond acceptors (Lipinski definition) is 9. The van der Waals surface area contributed by atoms with Crippen LogP contribution in [0.3, 0.4) is 0 Å². The molecular weight excluding hydrogens is 512 g/mol. The molecule has 6 rings (SSSR count). The maximum absolute atomic E-state index is 13.5. The summed E-state index contributed by atoms with van der Waals surface area (Å²) in [5, 5.41) is 0. The molecule has 0 spiro atoms. The number of carbonyl (C=O) groups is 3. The van der Waals surface area contributed by atoms with Crippen LogP contribution in [0.15, 0.2) is 47.9 Å². The lowest BCUT2D eigenvalue weighted by Crippen LogP contribution is -2.44. The quantitative estimate of drug-likeness (QED) is 0.309. The van der Waals surface area contributed by atoms with Crippen LogP contribution in [0, 0.1) is 23.7 Å². The van der Waals surface area contributed by atoms with E-state index in [2.05, 4.69) is 6.58 Å². The Morgan fingerprint density at radius 1 is 1.03 bits per heavy atom. The van der Waals surface area contributed by atoms with E-state index < -0.39 is 58.0 Å². The van der Waals surface area contributed by atoms with Crippen molar-refractivity contribution in [1.29, 1.82) is 0 Å². The van der Waals surface area contributed by atoms with Crippen molar-refractivity contribution in [3.63, 3.8) is 0 Å². The van der Waals surface area contributed by atoms with E-state index in [1.165, 1.54) is 12.1 Å². The van der Waals surface area contributed by atoms with Gasteiger partial charge in [0, 0.05) is 11.8 Å². The normalized spacial score (nSPS) is 28.9. The molecule has 2 aromatic rings. The second-order valence-electron chi connectivity index (χ2n) is 10.3. The number of esters is 3. The molecule has 1 aliphatic heterocycles. The van der Waals surface area contributed by atoms with Gasteiger partial charge in [-0.25, -0.2) is 13.2 Å². The third-order valence-electron chi connectivity index (χ3n) is 8.37. The van der Waals surface area contributed by atoms with Crippen molar-refractivity contribution in [3.8, 4) is 5.75 Å². The van der Waals surface area contributed by atoms with Gasteiger partial charge in [-0.3, -0.25) is 9.59 Å². The Hall–Kier alpha value is -3.50. The molecule has 10 heteroatoms. The SMILES string of the molecule is C=Cc1ccc(C(=O)OC2C3CC4C2OC(=O)C4C3C(=O)Oc2ccc(S(=O)(=O)[O-])c3c2CCCC3)cc1. The largest absolute Gasteiger partial charge is 0.744 e. The van der Waals surface area contributed by atoms with Crippen molar-refractivity contribution in [2.45, 2.75) is 49.2 Å². The molecule has 0 amide bonds. The molecule has 0 radical (unpaired) electrons. The van der Waals surface area contributed by atoms with E-state index in [0.29, 0.717) is 36.0 Å². The van der Waals surface area contributed by atoms with Crippen LogP contribution in [-0.4, -0.2) is 43.1 Å². The van der Waals surface area contributed by atoms with Crippen molar-refractivity contribution in [3.05, 3.63) is 65.2 Å². The summed E-state index contributed by atoms with van der Waals surface area (Å²) >= 11 is 0. The Morgan fingerprint density at radius 3 is 2.42 bits per heavy atom. The van der Waals surface area contributed by atoms with E-state index in [4.69, 9.17) is 14.2 Å². The zero-order chi connectivity index (χ0) is 26.8. The number of hydrogen-bond donors (Lipinski definition) is 0. The Kier molecular flexibility index (Phi) is 5.92. The zero-order valence-electron chi connectivity index (χ0n) is 20.3. The smallest absolute Gasteiger partial charge is 0.338 e. The predicted octanol–water partition coefficient (Wildman–Crippen LogP) is 3.05. The van der Waals surface area contributed by atoms with Crippen molar-refractivity contribution < 1.29 is 41.6 Å². The van der Waals surface area contributed by atoms with Crippen molar-refractivity contribution in [2.24, 2.45) is 23.7 Å². The third-order valence-corrected chi connectivity index (χ3v) is 9.29. The van der Waals surface area contributed by atoms with Crippen LogP contribution in [0.25, 0.3) is 6.08 Å². The average Bonchev–Trinajstić information content (AvgIpc) is 3.52. The fourth-order valence-corrected chi connectivity index (χ4v) is 7.49. The molecule has 1 heterocycles. The maximum Gasteiger partial charge on any atom is 0.338 e. The molecule has 0 aromatic heterocycles. The van der Waals surface area contributed by atoms with Gasteiger partial charge >= 0.3 is 17.9 Å². The molecule has 38 heavy (non-hydrogen) atoms. The van der Waals surface area contributed by atoms with Crippen LogP contribution in [-0.2, 0) is 42.0 Å². The summed E-state index contributed by atoms with van der Waals surface area (Å²) in [6, 6.07) is 9.23. The number of benzene rings is 2. The molecular formula is C28H25O9S-. The van der Waals surface area contributed by atoms with Gasteiger partial charge < -0.3 is 18.8 Å². The number of carbonyl (C=O) groups excluding carboxylic acids is 3. The van der Waals surface area contributed by atoms with Gasteiger partial charge in [-0.1, -0.05) is 24.8 Å². The highest BCUT2D eigenvalue weighted by Crippen LogP contribution is 2.59. The van der Waals surface area contributed by atoms with Gasteiger partial charge in [0.15, 0.2) is 0 Å². The van der Waals surface area contributed by atoms with Gasteiger partial charge in [-0.2, -0.15) is 0 Å². The van der Waals surface area contributed by atoms with E-state index in [-0.39, 0.29) is 16.6 Å². The summed E-state index contributed by atoms with van der Waals surface area (Å²) in [4.78, 5) is 38.9. The molecule has 4 aliphatic rings. The Balaban J connectivity index is 1.26. The van der Waals surface area contributed by atoms with Gasteiger partial charge in [-0.15, -0.1) is 0 Å². The topological polar surface area (TPSA) is 136 Å². The minimum absolute atomic E-state index is 0.193. The fraction of sp³-hybridized carbons (Fsp3) is 0.393. The molecule has 3 aliphatic carbocycles. The average molecular weight is 538 g/mol. The van der Waals surface area contributed by atoms with Gasteiger partial charge in [0.05, 0.1) is 22.3 Å². The molecule has 2 saturated carbocycles. The lowest BCUT2D eigenvalue weighted by Gasteiger charge is -2.30. The lowest BCUT2D eigenvalue weighted by atomic mass is 9.78. The predicted molar refractivity (Wildman–Crippen MR) is 131 cm³/mol. The molecule has 3 fully saturated rings. The summed E-state index contributed by atoms with van der Waals surface area (Å²) in [5.41, 5.74) is 2.10. The summed E-state index contributed by atoms with van der Waals surface area (Å²) < 4.78 is 52.4.